The number of halogens is 1. The minimum Gasteiger partial charge on any atom is -0.490 e. The molecule has 0 bridgehead atoms. The van der Waals surface area contributed by atoms with E-state index in [-0.39, 0.29) is 25.7 Å². The smallest absolute Gasteiger partial charge is 0.219 e. The highest BCUT2D eigenvalue weighted by Crippen LogP contribution is 2.25. The Morgan fingerprint density at radius 3 is 2.68 bits per heavy atom. The SMILES string of the molecule is CC(=O)N1CCC(O)(CN2CCOC[C@](O)(COc3cccc(F)c3)C2)CC1. The van der Waals surface area contributed by atoms with Crippen molar-refractivity contribution in [1.29, 1.82) is 0 Å². The average Bonchev–Trinajstić information content (AvgIpc) is 2.82. The van der Waals surface area contributed by atoms with Crippen LogP contribution >= 0.6 is 0 Å². The van der Waals surface area contributed by atoms with Crippen molar-refractivity contribution in [2.75, 3.05) is 52.5 Å². The molecule has 0 spiro atoms. The van der Waals surface area contributed by atoms with Gasteiger partial charge in [0.15, 0.2) is 0 Å². The summed E-state index contributed by atoms with van der Waals surface area (Å²) in [6, 6.07) is 5.78. The van der Waals surface area contributed by atoms with Gasteiger partial charge < -0.3 is 24.6 Å². The summed E-state index contributed by atoms with van der Waals surface area (Å²) in [4.78, 5) is 15.2. The van der Waals surface area contributed by atoms with Crippen LogP contribution < -0.4 is 4.74 Å². The number of aliphatic hydroxyl groups is 2. The van der Waals surface area contributed by atoms with Crippen LogP contribution in [0, 0.1) is 5.82 Å². The highest BCUT2D eigenvalue weighted by atomic mass is 19.1. The lowest BCUT2D eigenvalue weighted by Gasteiger charge is -2.41. The number of likely N-dealkylation sites (tertiary alicyclic amines) is 1. The van der Waals surface area contributed by atoms with Crippen molar-refractivity contribution in [3.8, 4) is 5.75 Å². The predicted octanol–water partition coefficient (Wildman–Crippen LogP) is 0.641. The van der Waals surface area contributed by atoms with Crippen molar-refractivity contribution in [1.82, 2.24) is 9.80 Å². The Balaban J connectivity index is 1.57. The largest absolute Gasteiger partial charge is 0.490 e. The summed E-state index contributed by atoms with van der Waals surface area (Å²) >= 11 is 0. The minimum absolute atomic E-state index is 0.0223. The molecule has 0 aromatic heterocycles. The third kappa shape index (κ3) is 5.64. The van der Waals surface area contributed by atoms with E-state index in [1.807, 2.05) is 4.90 Å². The monoisotopic (exact) mass is 396 g/mol. The fourth-order valence-electron chi connectivity index (χ4n) is 3.81. The number of ether oxygens (including phenoxy) is 2. The molecule has 0 saturated carbocycles. The Morgan fingerprint density at radius 1 is 1.25 bits per heavy atom. The van der Waals surface area contributed by atoms with E-state index >= 15 is 0 Å². The number of nitrogens with zero attached hydrogens (tertiary/aromatic N) is 2. The van der Waals surface area contributed by atoms with Crippen molar-refractivity contribution < 1.29 is 28.9 Å². The van der Waals surface area contributed by atoms with Crippen LogP contribution in [0.4, 0.5) is 4.39 Å². The summed E-state index contributed by atoms with van der Waals surface area (Å²) in [5.74, 6) is -0.0316. The molecule has 8 heteroatoms. The van der Waals surface area contributed by atoms with Gasteiger partial charge in [0, 0.05) is 45.7 Å². The van der Waals surface area contributed by atoms with E-state index in [4.69, 9.17) is 9.47 Å². The van der Waals surface area contributed by atoms with Crippen molar-refractivity contribution in [3.05, 3.63) is 30.1 Å². The van der Waals surface area contributed by atoms with E-state index in [1.54, 1.807) is 17.0 Å². The molecule has 2 fully saturated rings. The van der Waals surface area contributed by atoms with Crippen LogP contribution in [-0.2, 0) is 9.53 Å². The number of β-amino-alcohol motifs (C(OH)–C–C–N with tert-alkyl or cyclic N) is 2. The Bertz CT molecular complexity index is 680. The van der Waals surface area contributed by atoms with Crippen LogP contribution in [0.3, 0.4) is 0 Å². The Labute approximate surface area is 164 Å². The lowest BCUT2D eigenvalue weighted by molar-refractivity contribution is -0.134. The number of hydrogen-bond donors (Lipinski definition) is 2. The fraction of sp³-hybridized carbons (Fsp3) is 0.650. The molecule has 156 valence electrons. The molecule has 0 radical (unpaired) electrons. The summed E-state index contributed by atoms with van der Waals surface area (Å²) in [7, 11) is 0. The fourth-order valence-corrected chi connectivity index (χ4v) is 3.81. The van der Waals surface area contributed by atoms with Gasteiger partial charge in [-0.05, 0) is 25.0 Å². The second kappa shape index (κ2) is 8.73. The lowest BCUT2D eigenvalue weighted by Crippen LogP contribution is -2.55. The summed E-state index contributed by atoms with van der Waals surface area (Å²) in [5.41, 5.74) is -2.17. The zero-order chi connectivity index (χ0) is 20.2. The first kappa shape index (κ1) is 21.0. The molecule has 1 aromatic carbocycles. The molecular weight excluding hydrogens is 367 g/mol. The average molecular weight is 396 g/mol. The van der Waals surface area contributed by atoms with Gasteiger partial charge in [0.25, 0.3) is 0 Å². The Kier molecular flexibility index (Phi) is 6.54. The van der Waals surface area contributed by atoms with Gasteiger partial charge in [-0.25, -0.2) is 4.39 Å². The number of carbonyl (C=O) groups excluding carboxylic acids is 1. The third-order valence-corrected chi connectivity index (χ3v) is 5.40. The molecule has 2 aliphatic rings. The van der Waals surface area contributed by atoms with Crippen LogP contribution in [0.5, 0.6) is 5.75 Å². The minimum atomic E-state index is -1.26. The van der Waals surface area contributed by atoms with Gasteiger partial charge in [0.2, 0.25) is 5.91 Å². The number of piperidine rings is 1. The van der Waals surface area contributed by atoms with Crippen LogP contribution in [0.1, 0.15) is 19.8 Å². The van der Waals surface area contributed by atoms with Crippen molar-refractivity contribution in [3.63, 3.8) is 0 Å². The Hall–Kier alpha value is -1.74. The second-order valence-corrected chi connectivity index (χ2v) is 7.96. The zero-order valence-electron chi connectivity index (χ0n) is 16.3. The maximum atomic E-state index is 13.3. The van der Waals surface area contributed by atoms with Crippen molar-refractivity contribution in [2.45, 2.75) is 31.0 Å². The van der Waals surface area contributed by atoms with Gasteiger partial charge >= 0.3 is 0 Å². The number of carbonyl (C=O) groups is 1. The number of hydrogen-bond acceptors (Lipinski definition) is 6. The second-order valence-electron chi connectivity index (χ2n) is 7.96. The van der Waals surface area contributed by atoms with Gasteiger partial charge in [0.05, 0.1) is 18.8 Å². The van der Waals surface area contributed by atoms with E-state index in [1.165, 1.54) is 19.1 Å². The number of benzene rings is 1. The van der Waals surface area contributed by atoms with Gasteiger partial charge in [-0.2, -0.15) is 0 Å². The molecule has 0 aliphatic carbocycles. The summed E-state index contributed by atoms with van der Waals surface area (Å²) in [5, 5.41) is 21.9. The van der Waals surface area contributed by atoms with E-state index in [0.29, 0.717) is 51.4 Å². The molecule has 1 amide bonds. The predicted molar refractivity (Wildman–Crippen MR) is 101 cm³/mol. The van der Waals surface area contributed by atoms with E-state index in [9.17, 15) is 19.4 Å². The van der Waals surface area contributed by atoms with Crippen LogP contribution in [-0.4, -0.2) is 89.7 Å². The van der Waals surface area contributed by atoms with Crippen molar-refractivity contribution in [2.24, 2.45) is 0 Å². The first-order valence-electron chi connectivity index (χ1n) is 9.66. The maximum Gasteiger partial charge on any atom is 0.219 e. The molecule has 2 N–H and O–H groups in total. The van der Waals surface area contributed by atoms with Gasteiger partial charge in [-0.3, -0.25) is 9.69 Å². The van der Waals surface area contributed by atoms with Crippen molar-refractivity contribution >= 4 is 5.91 Å². The molecule has 1 aromatic rings. The molecule has 0 unspecified atom stereocenters. The van der Waals surface area contributed by atoms with Crippen LogP contribution in [0.25, 0.3) is 0 Å². The highest BCUT2D eigenvalue weighted by molar-refractivity contribution is 5.73. The zero-order valence-corrected chi connectivity index (χ0v) is 16.3. The topological polar surface area (TPSA) is 82.5 Å². The first-order valence-corrected chi connectivity index (χ1v) is 9.66. The maximum absolute atomic E-state index is 13.3. The van der Waals surface area contributed by atoms with E-state index in [0.717, 1.165) is 0 Å². The molecule has 2 saturated heterocycles. The number of rotatable bonds is 5. The third-order valence-electron chi connectivity index (χ3n) is 5.40. The molecule has 2 aliphatic heterocycles. The summed E-state index contributed by atoms with van der Waals surface area (Å²) in [6.45, 7) is 4.37. The quantitative estimate of drug-likeness (QED) is 0.760. The van der Waals surface area contributed by atoms with E-state index < -0.39 is 17.0 Å². The Morgan fingerprint density at radius 2 is 2.00 bits per heavy atom. The highest BCUT2D eigenvalue weighted by Gasteiger charge is 2.39. The van der Waals surface area contributed by atoms with Gasteiger partial charge in [0.1, 0.15) is 23.8 Å². The standard InChI is InChI=1S/C20H29FN2O5/c1-16(24)23-7-5-19(25,6-8-23)12-22-9-10-27-14-20(26,13-22)15-28-18-4-2-3-17(21)11-18/h2-4,11,25-26H,5-10,12-15H2,1H3/t20-/m0/s1. The molecule has 1 atom stereocenters. The van der Waals surface area contributed by atoms with Gasteiger partial charge in [-0.1, -0.05) is 6.07 Å². The molecular formula is C20H29FN2O5. The number of amides is 1. The molecule has 3 rings (SSSR count). The summed E-state index contributed by atoms with van der Waals surface area (Å²) in [6.07, 6.45) is 1.00. The van der Waals surface area contributed by atoms with Gasteiger partial charge in [-0.15, -0.1) is 0 Å². The van der Waals surface area contributed by atoms with Crippen LogP contribution in [0.2, 0.25) is 0 Å². The lowest BCUT2D eigenvalue weighted by atomic mass is 9.90. The van der Waals surface area contributed by atoms with Crippen LogP contribution in [0.15, 0.2) is 24.3 Å². The van der Waals surface area contributed by atoms with E-state index in [2.05, 4.69) is 0 Å². The molecule has 2 heterocycles. The molecule has 7 nitrogen and oxygen atoms in total. The first-order chi connectivity index (χ1) is 13.3. The summed E-state index contributed by atoms with van der Waals surface area (Å²) < 4.78 is 24.4. The molecule has 28 heavy (non-hydrogen) atoms. The normalized spacial score (nSPS) is 25.9.